The second-order valence-corrected chi connectivity index (χ2v) is 10.1. The number of piperidine rings is 1. The minimum absolute atomic E-state index is 0.119. The number of aryl methyl sites for hydroxylation is 1. The number of anilines is 1. The number of ketones is 1. The van der Waals surface area contributed by atoms with Gasteiger partial charge >= 0.3 is 0 Å². The summed E-state index contributed by atoms with van der Waals surface area (Å²) in [4.78, 5) is 27.7. The van der Waals surface area contributed by atoms with Gasteiger partial charge in [-0.25, -0.2) is 0 Å². The van der Waals surface area contributed by atoms with Gasteiger partial charge in [-0.1, -0.05) is 29.3 Å². The number of likely N-dealkylation sites (tertiary alicyclic amines) is 1. The largest absolute Gasteiger partial charge is 0.486 e. The average molecular weight is 520 g/mol. The molecule has 2 aliphatic heterocycles. The summed E-state index contributed by atoms with van der Waals surface area (Å²) >= 11 is 12.2. The lowest BCUT2D eigenvalue weighted by molar-refractivity contribution is -0.00862. The van der Waals surface area contributed by atoms with Crippen molar-refractivity contribution in [1.82, 2.24) is 10.2 Å². The van der Waals surface area contributed by atoms with E-state index < -0.39 is 5.60 Å². The minimum Gasteiger partial charge on any atom is -0.486 e. The molecule has 0 saturated carbocycles. The Hall–Kier alpha value is -2.32. The number of Topliss-reactive ketones (excluding diaryl/α,β-unsaturated/α-hetero) is 1. The predicted molar refractivity (Wildman–Crippen MR) is 138 cm³/mol. The van der Waals surface area contributed by atoms with Gasteiger partial charge < -0.3 is 25.4 Å². The van der Waals surface area contributed by atoms with Crippen LogP contribution >= 0.6 is 23.2 Å². The number of nitrogens with one attached hydrogen (secondary N) is 2. The number of rotatable bonds is 8. The van der Waals surface area contributed by atoms with Crippen LogP contribution in [0.5, 0.6) is 5.75 Å². The fourth-order valence-corrected chi connectivity index (χ4v) is 5.30. The molecule has 0 aromatic heterocycles. The molecule has 7 nitrogen and oxygen atoms in total. The molecule has 2 aromatic rings. The Morgan fingerprint density at radius 1 is 1.17 bits per heavy atom. The lowest BCUT2D eigenvalue weighted by Gasteiger charge is -2.44. The summed E-state index contributed by atoms with van der Waals surface area (Å²) in [5.41, 5.74) is 2.36. The lowest BCUT2D eigenvalue weighted by atomic mass is 9.82. The zero-order valence-corrected chi connectivity index (χ0v) is 21.3. The van der Waals surface area contributed by atoms with Gasteiger partial charge in [0, 0.05) is 63.9 Å². The van der Waals surface area contributed by atoms with Crippen LogP contribution in [-0.2, 0) is 0 Å². The van der Waals surface area contributed by atoms with Crippen molar-refractivity contribution < 1.29 is 19.4 Å². The van der Waals surface area contributed by atoms with Gasteiger partial charge in [-0.2, -0.15) is 0 Å². The maximum Gasteiger partial charge on any atom is 0.254 e. The predicted octanol–water partition coefficient (Wildman–Crippen LogP) is 4.33. The molecule has 35 heavy (non-hydrogen) atoms. The molecule has 2 aromatic carbocycles. The van der Waals surface area contributed by atoms with Crippen LogP contribution in [0.15, 0.2) is 30.3 Å². The van der Waals surface area contributed by atoms with E-state index >= 15 is 0 Å². The van der Waals surface area contributed by atoms with Crippen molar-refractivity contribution in [3.8, 4) is 5.75 Å². The van der Waals surface area contributed by atoms with Crippen LogP contribution < -0.4 is 15.4 Å². The fourth-order valence-electron chi connectivity index (χ4n) is 4.73. The van der Waals surface area contributed by atoms with Crippen molar-refractivity contribution in [3.63, 3.8) is 0 Å². The van der Waals surface area contributed by atoms with Crippen LogP contribution in [0, 0.1) is 6.92 Å². The maximum absolute atomic E-state index is 13.0. The van der Waals surface area contributed by atoms with Crippen LogP contribution in [-0.4, -0.2) is 66.6 Å². The Morgan fingerprint density at radius 2 is 1.89 bits per heavy atom. The Labute approximate surface area is 215 Å². The summed E-state index contributed by atoms with van der Waals surface area (Å²) in [7, 11) is 0. The van der Waals surface area contributed by atoms with E-state index in [4.69, 9.17) is 33.0 Å². The number of benzene rings is 2. The summed E-state index contributed by atoms with van der Waals surface area (Å²) in [6.45, 7) is 5.46. The number of carbonyl (C=O) groups excluding carboxylic acids is 2. The number of fused-ring (bicyclic) bond motifs is 1. The molecule has 1 spiro atoms. The number of nitrogens with zero attached hydrogens (tertiary/aromatic N) is 1. The number of hydrogen-bond donors (Lipinski definition) is 3. The molecular weight excluding hydrogens is 489 g/mol. The number of aliphatic hydroxyl groups is 1. The van der Waals surface area contributed by atoms with Crippen molar-refractivity contribution in [2.75, 3.05) is 44.6 Å². The second kappa shape index (κ2) is 11.2. The molecule has 1 amide bonds. The highest BCUT2D eigenvalue weighted by atomic mass is 35.5. The number of carbonyl (C=O) groups is 2. The van der Waals surface area contributed by atoms with Gasteiger partial charge in [-0.05, 0) is 37.1 Å². The first-order valence-electron chi connectivity index (χ1n) is 12.0. The molecule has 1 saturated heterocycles. The molecule has 188 valence electrons. The number of amides is 1. The number of ether oxygens (including phenoxy) is 1. The second-order valence-electron chi connectivity index (χ2n) is 9.25. The van der Waals surface area contributed by atoms with E-state index in [-0.39, 0.29) is 18.3 Å². The van der Waals surface area contributed by atoms with Crippen molar-refractivity contribution >= 4 is 40.6 Å². The fraction of sp³-hybridized carbons (Fsp3) is 0.462. The zero-order chi connectivity index (χ0) is 25.0. The van der Waals surface area contributed by atoms with E-state index in [1.54, 1.807) is 18.2 Å². The summed E-state index contributed by atoms with van der Waals surface area (Å²) < 4.78 is 6.47. The van der Waals surface area contributed by atoms with Gasteiger partial charge in [0.15, 0.2) is 5.78 Å². The molecule has 2 aliphatic rings. The van der Waals surface area contributed by atoms with E-state index in [0.29, 0.717) is 59.4 Å². The van der Waals surface area contributed by atoms with E-state index in [9.17, 15) is 9.59 Å². The molecule has 0 unspecified atom stereocenters. The van der Waals surface area contributed by atoms with Crippen molar-refractivity contribution in [3.05, 3.63) is 57.1 Å². The Balaban J connectivity index is 1.32. The molecule has 0 bridgehead atoms. The Morgan fingerprint density at radius 3 is 2.57 bits per heavy atom. The highest BCUT2D eigenvalue weighted by Gasteiger charge is 2.43. The highest BCUT2D eigenvalue weighted by molar-refractivity contribution is 6.39. The summed E-state index contributed by atoms with van der Waals surface area (Å²) in [6, 6.07) is 8.81. The quantitative estimate of drug-likeness (QED) is 0.449. The number of halogens is 2. The van der Waals surface area contributed by atoms with Crippen molar-refractivity contribution in [1.29, 1.82) is 0 Å². The highest BCUT2D eigenvalue weighted by Crippen LogP contribution is 2.41. The molecule has 3 N–H and O–H groups in total. The Bertz CT molecular complexity index is 1080. The van der Waals surface area contributed by atoms with Gasteiger partial charge in [0.25, 0.3) is 5.91 Å². The Kier molecular flexibility index (Phi) is 8.22. The van der Waals surface area contributed by atoms with Gasteiger partial charge in [0.2, 0.25) is 0 Å². The van der Waals surface area contributed by atoms with Crippen LogP contribution in [0.1, 0.15) is 52.0 Å². The molecule has 0 aliphatic carbocycles. The SMILES string of the molecule is Cc1cc2c(cc1NCCCO)OC1(CCN(CCNC(=O)c3c(Cl)cccc3Cl)CC1)CC2=O. The molecule has 9 heteroatoms. The topological polar surface area (TPSA) is 90.9 Å². The third-order valence-corrected chi connectivity index (χ3v) is 7.39. The first kappa shape index (κ1) is 25.8. The molecule has 0 atom stereocenters. The smallest absolute Gasteiger partial charge is 0.254 e. The summed E-state index contributed by atoms with van der Waals surface area (Å²) in [6.07, 6.45) is 2.52. The van der Waals surface area contributed by atoms with Crippen LogP contribution in [0.25, 0.3) is 0 Å². The first-order chi connectivity index (χ1) is 16.8. The normalized spacial score (nSPS) is 17.1. The number of hydrogen-bond acceptors (Lipinski definition) is 6. The standard InChI is InChI=1S/C26H31Cl2N3O4/c1-17-14-18-22(33)16-26(35-23(18)15-21(17)29-8-3-13-32)6-10-31(11-7-26)12-9-30-25(34)24-19(27)4-2-5-20(24)28/h2,4-5,14-15,29,32H,3,6-13,16H2,1H3,(H,30,34). The minimum atomic E-state index is -0.494. The van der Waals surface area contributed by atoms with Crippen LogP contribution in [0.3, 0.4) is 0 Å². The van der Waals surface area contributed by atoms with E-state index in [0.717, 1.165) is 37.2 Å². The van der Waals surface area contributed by atoms with Gasteiger partial charge in [0.05, 0.1) is 27.6 Å². The third kappa shape index (κ3) is 5.92. The van der Waals surface area contributed by atoms with E-state index in [1.165, 1.54) is 0 Å². The van der Waals surface area contributed by atoms with E-state index in [1.807, 2.05) is 19.1 Å². The third-order valence-electron chi connectivity index (χ3n) is 6.76. The maximum atomic E-state index is 13.0. The molecular formula is C26H31Cl2N3O4. The lowest BCUT2D eigenvalue weighted by Crippen LogP contribution is -2.52. The zero-order valence-electron chi connectivity index (χ0n) is 19.8. The molecule has 1 fully saturated rings. The average Bonchev–Trinajstić information content (AvgIpc) is 2.81. The molecule has 0 radical (unpaired) electrons. The van der Waals surface area contributed by atoms with Crippen molar-refractivity contribution in [2.45, 2.75) is 38.2 Å². The monoisotopic (exact) mass is 519 g/mol. The van der Waals surface area contributed by atoms with Crippen LogP contribution in [0.4, 0.5) is 5.69 Å². The summed E-state index contributed by atoms with van der Waals surface area (Å²) in [5.74, 6) is 0.467. The van der Waals surface area contributed by atoms with Crippen LogP contribution in [0.2, 0.25) is 10.0 Å². The first-order valence-corrected chi connectivity index (χ1v) is 12.7. The number of aliphatic hydroxyl groups excluding tert-OH is 1. The van der Waals surface area contributed by atoms with Gasteiger partial charge in [-0.3, -0.25) is 9.59 Å². The molecule has 4 rings (SSSR count). The summed E-state index contributed by atoms with van der Waals surface area (Å²) in [5, 5.41) is 15.9. The van der Waals surface area contributed by atoms with Crippen molar-refractivity contribution in [2.24, 2.45) is 0 Å². The van der Waals surface area contributed by atoms with Gasteiger partial charge in [0.1, 0.15) is 11.4 Å². The van der Waals surface area contributed by atoms with Gasteiger partial charge in [-0.15, -0.1) is 0 Å². The van der Waals surface area contributed by atoms with E-state index in [2.05, 4.69) is 15.5 Å². The molecule has 2 heterocycles.